The zero-order valence-corrected chi connectivity index (χ0v) is 20.0. The second-order valence-electron chi connectivity index (χ2n) is 7.12. The monoisotopic (exact) mass is 501 g/mol. The number of nitrogens with zero attached hydrogens (tertiary/aromatic N) is 1. The van der Waals surface area contributed by atoms with E-state index in [1.165, 1.54) is 23.5 Å². The number of carbonyl (C=O) groups excluding carboxylic acids is 1. The van der Waals surface area contributed by atoms with Crippen LogP contribution in [0.1, 0.15) is 16.1 Å². The SMILES string of the molecule is C=CCS(=O)(=O)c1c(Cl)ccc2[nH]c(C(=O)NCc3cccc(OC)c3)c(-c3nccs3)c12. The van der Waals surface area contributed by atoms with Crippen LogP contribution in [0.3, 0.4) is 0 Å². The van der Waals surface area contributed by atoms with Crippen molar-refractivity contribution in [3.63, 3.8) is 0 Å². The molecule has 0 aliphatic carbocycles. The predicted octanol–water partition coefficient (Wildman–Crippen LogP) is 4.84. The number of H-pyrrole nitrogens is 1. The van der Waals surface area contributed by atoms with Crippen molar-refractivity contribution in [1.82, 2.24) is 15.3 Å². The van der Waals surface area contributed by atoms with Gasteiger partial charge in [0.05, 0.1) is 28.3 Å². The summed E-state index contributed by atoms with van der Waals surface area (Å²) < 4.78 is 31.3. The lowest BCUT2D eigenvalue weighted by molar-refractivity contribution is 0.0947. The number of methoxy groups -OCH3 is 1. The third-order valence-electron chi connectivity index (χ3n) is 4.98. The van der Waals surface area contributed by atoms with Crippen molar-refractivity contribution in [3.05, 3.63) is 76.9 Å². The number of sulfone groups is 1. The van der Waals surface area contributed by atoms with Crippen LogP contribution < -0.4 is 10.1 Å². The molecule has 0 unspecified atom stereocenters. The number of thiazole rings is 1. The fraction of sp³-hybridized carbons (Fsp3) is 0.130. The third-order valence-corrected chi connectivity index (χ3v) is 7.92. The molecule has 0 radical (unpaired) electrons. The third kappa shape index (κ3) is 4.52. The molecule has 0 aliphatic rings. The number of hydrogen-bond donors (Lipinski definition) is 2. The first-order valence-electron chi connectivity index (χ1n) is 9.84. The summed E-state index contributed by atoms with van der Waals surface area (Å²) in [4.78, 5) is 20.6. The van der Waals surface area contributed by atoms with Gasteiger partial charge in [0.1, 0.15) is 16.5 Å². The van der Waals surface area contributed by atoms with Crippen LogP contribution >= 0.6 is 22.9 Å². The minimum absolute atomic E-state index is 0.0464. The summed E-state index contributed by atoms with van der Waals surface area (Å²) in [5.41, 5.74) is 1.93. The van der Waals surface area contributed by atoms with E-state index in [1.54, 1.807) is 24.8 Å². The van der Waals surface area contributed by atoms with Crippen LogP contribution in [0.15, 0.2) is 65.5 Å². The summed E-state index contributed by atoms with van der Waals surface area (Å²) in [6, 6.07) is 10.5. The Hall–Kier alpha value is -3.14. The Morgan fingerprint density at radius 3 is 2.85 bits per heavy atom. The highest BCUT2D eigenvalue weighted by molar-refractivity contribution is 7.92. The van der Waals surface area contributed by atoms with E-state index in [0.717, 1.165) is 5.56 Å². The van der Waals surface area contributed by atoms with Crippen LogP contribution in [-0.4, -0.2) is 37.2 Å². The highest BCUT2D eigenvalue weighted by Crippen LogP contribution is 2.40. The molecule has 0 saturated carbocycles. The lowest BCUT2D eigenvalue weighted by Crippen LogP contribution is -2.23. The Kier molecular flexibility index (Phi) is 6.55. The number of halogens is 1. The first kappa shape index (κ1) is 23.0. The van der Waals surface area contributed by atoms with E-state index in [2.05, 4.69) is 21.9 Å². The predicted molar refractivity (Wildman–Crippen MR) is 131 cm³/mol. The number of carbonyl (C=O) groups is 1. The fourth-order valence-electron chi connectivity index (χ4n) is 3.56. The fourth-order valence-corrected chi connectivity index (χ4v) is 6.13. The van der Waals surface area contributed by atoms with Gasteiger partial charge in [0.2, 0.25) is 0 Å². The van der Waals surface area contributed by atoms with E-state index in [4.69, 9.17) is 16.3 Å². The Morgan fingerprint density at radius 2 is 2.15 bits per heavy atom. The minimum Gasteiger partial charge on any atom is -0.497 e. The number of rotatable bonds is 8. The van der Waals surface area contributed by atoms with Gasteiger partial charge in [0.25, 0.3) is 5.91 Å². The number of aromatic nitrogens is 2. The normalized spacial score (nSPS) is 11.5. The summed E-state index contributed by atoms with van der Waals surface area (Å²) in [5.74, 6) is -0.00365. The van der Waals surface area contributed by atoms with Gasteiger partial charge in [-0.15, -0.1) is 17.9 Å². The summed E-state index contributed by atoms with van der Waals surface area (Å²) in [6.45, 7) is 3.79. The minimum atomic E-state index is -3.80. The van der Waals surface area contributed by atoms with Crippen molar-refractivity contribution < 1.29 is 17.9 Å². The van der Waals surface area contributed by atoms with Crippen molar-refractivity contribution in [2.75, 3.05) is 12.9 Å². The molecule has 0 saturated heterocycles. The number of nitrogens with one attached hydrogen (secondary N) is 2. The number of fused-ring (bicyclic) bond motifs is 1. The van der Waals surface area contributed by atoms with E-state index in [1.807, 2.05) is 24.3 Å². The summed E-state index contributed by atoms with van der Waals surface area (Å²) >= 11 is 7.66. The van der Waals surface area contributed by atoms with Crippen LogP contribution in [-0.2, 0) is 16.4 Å². The Bertz CT molecular complexity index is 1440. The van der Waals surface area contributed by atoms with Crippen LogP contribution in [0, 0.1) is 0 Å². The highest BCUT2D eigenvalue weighted by atomic mass is 35.5. The van der Waals surface area contributed by atoms with E-state index in [9.17, 15) is 13.2 Å². The van der Waals surface area contributed by atoms with Gasteiger partial charge in [-0.05, 0) is 29.8 Å². The highest BCUT2D eigenvalue weighted by Gasteiger charge is 2.28. The van der Waals surface area contributed by atoms with Gasteiger partial charge in [0, 0.05) is 29.0 Å². The van der Waals surface area contributed by atoms with Crippen LogP contribution in [0.5, 0.6) is 5.75 Å². The quantitative estimate of drug-likeness (QED) is 0.336. The molecule has 2 heterocycles. The zero-order chi connectivity index (χ0) is 23.6. The van der Waals surface area contributed by atoms with Gasteiger partial charge >= 0.3 is 0 Å². The Morgan fingerprint density at radius 1 is 1.33 bits per heavy atom. The lowest BCUT2D eigenvalue weighted by atomic mass is 10.1. The number of benzene rings is 2. The van der Waals surface area contributed by atoms with E-state index in [0.29, 0.717) is 27.2 Å². The largest absolute Gasteiger partial charge is 0.497 e. The maximum absolute atomic E-state index is 13.2. The van der Waals surface area contributed by atoms with Gasteiger partial charge in [0.15, 0.2) is 9.84 Å². The van der Waals surface area contributed by atoms with Crippen molar-refractivity contribution in [3.8, 4) is 16.3 Å². The summed E-state index contributed by atoms with van der Waals surface area (Å²) in [6.07, 6.45) is 2.90. The second-order valence-corrected chi connectivity index (χ2v) is 10.4. The molecule has 2 aromatic heterocycles. The Balaban J connectivity index is 1.84. The Labute approximate surface area is 200 Å². The van der Waals surface area contributed by atoms with Crippen LogP contribution in [0.25, 0.3) is 21.5 Å². The molecule has 10 heteroatoms. The molecule has 0 aliphatic heterocycles. The van der Waals surface area contributed by atoms with Crippen LogP contribution in [0.2, 0.25) is 5.02 Å². The van der Waals surface area contributed by atoms with E-state index >= 15 is 0 Å². The molecule has 33 heavy (non-hydrogen) atoms. The van der Waals surface area contributed by atoms with Crippen molar-refractivity contribution in [2.24, 2.45) is 0 Å². The lowest BCUT2D eigenvalue weighted by Gasteiger charge is -2.09. The van der Waals surface area contributed by atoms with Crippen molar-refractivity contribution in [2.45, 2.75) is 11.4 Å². The summed E-state index contributed by atoms with van der Waals surface area (Å²) in [5, 5.41) is 5.56. The van der Waals surface area contributed by atoms with E-state index in [-0.39, 0.29) is 27.9 Å². The van der Waals surface area contributed by atoms with Crippen molar-refractivity contribution in [1.29, 1.82) is 0 Å². The molecule has 2 aromatic carbocycles. The molecular formula is C23H20ClN3O4S2. The molecule has 0 fully saturated rings. The summed E-state index contributed by atoms with van der Waals surface area (Å²) in [7, 11) is -2.22. The number of ether oxygens (including phenoxy) is 1. The average molecular weight is 502 g/mol. The van der Waals surface area contributed by atoms with Gasteiger partial charge in [-0.3, -0.25) is 4.79 Å². The maximum Gasteiger partial charge on any atom is 0.268 e. The second kappa shape index (κ2) is 9.38. The molecule has 1 amide bonds. The smallest absolute Gasteiger partial charge is 0.268 e. The number of amides is 1. The molecular weight excluding hydrogens is 482 g/mol. The standard InChI is InChI=1S/C23H20ClN3O4S2/c1-3-11-33(29,30)21-16(24)7-8-17-18(21)19(23-25-9-10-32-23)20(27-17)22(28)26-13-14-5-4-6-15(12-14)31-2/h3-10,12,27H,1,11,13H2,2H3,(H,26,28). The molecule has 0 bridgehead atoms. The van der Waals surface area contributed by atoms with Crippen molar-refractivity contribution >= 4 is 49.6 Å². The van der Waals surface area contributed by atoms with Gasteiger partial charge in [-0.25, -0.2) is 13.4 Å². The van der Waals surface area contributed by atoms with Gasteiger partial charge < -0.3 is 15.0 Å². The first-order chi connectivity index (χ1) is 15.9. The molecule has 0 spiro atoms. The molecule has 2 N–H and O–H groups in total. The molecule has 0 atom stereocenters. The van der Waals surface area contributed by atoms with E-state index < -0.39 is 15.7 Å². The van der Waals surface area contributed by atoms with Crippen LogP contribution in [0.4, 0.5) is 0 Å². The topological polar surface area (TPSA) is 101 Å². The number of aromatic amines is 1. The molecule has 4 rings (SSSR count). The van der Waals surface area contributed by atoms with Gasteiger partial charge in [-0.1, -0.05) is 29.8 Å². The zero-order valence-electron chi connectivity index (χ0n) is 17.6. The maximum atomic E-state index is 13.2. The molecule has 7 nitrogen and oxygen atoms in total. The number of hydrogen-bond acceptors (Lipinski definition) is 6. The molecule has 4 aromatic rings. The molecule has 170 valence electrons. The van der Waals surface area contributed by atoms with Gasteiger partial charge in [-0.2, -0.15) is 0 Å². The average Bonchev–Trinajstić information content (AvgIpc) is 3.45. The first-order valence-corrected chi connectivity index (χ1v) is 12.8.